The SMILES string of the molecule is C=NN(C(C)=NC=N)C1COC1. The summed E-state index contributed by atoms with van der Waals surface area (Å²) in [5.41, 5.74) is 0. The summed E-state index contributed by atoms with van der Waals surface area (Å²) in [7, 11) is 0. The van der Waals surface area contributed by atoms with Gasteiger partial charge in [-0.05, 0) is 6.92 Å². The van der Waals surface area contributed by atoms with Gasteiger partial charge in [-0.15, -0.1) is 0 Å². The van der Waals surface area contributed by atoms with Crippen LogP contribution in [-0.4, -0.2) is 43.2 Å². The van der Waals surface area contributed by atoms with Crippen LogP contribution in [0.4, 0.5) is 0 Å². The molecule has 1 rings (SSSR count). The molecule has 1 aliphatic heterocycles. The van der Waals surface area contributed by atoms with Gasteiger partial charge in [-0.1, -0.05) is 0 Å². The maximum absolute atomic E-state index is 6.79. The van der Waals surface area contributed by atoms with Gasteiger partial charge in [-0.25, -0.2) is 10.0 Å². The molecular weight excluding hydrogens is 156 g/mol. The molecule has 1 fully saturated rings. The number of aliphatic imine (C=N–C) groups is 1. The topological polar surface area (TPSA) is 61.0 Å². The van der Waals surface area contributed by atoms with Crippen molar-refractivity contribution in [2.45, 2.75) is 13.0 Å². The first kappa shape index (κ1) is 8.86. The molecule has 5 heteroatoms. The number of hydrogen-bond acceptors (Lipinski definition) is 3. The van der Waals surface area contributed by atoms with E-state index in [4.69, 9.17) is 10.1 Å². The second-order valence-corrected chi connectivity index (χ2v) is 2.48. The number of ether oxygens (including phenoxy) is 1. The van der Waals surface area contributed by atoms with Crippen LogP contribution >= 0.6 is 0 Å². The van der Waals surface area contributed by atoms with Crippen LogP contribution in [0.1, 0.15) is 6.92 Å². The Hall–Kier alpha value is -1.23. The van der Waals surface area contributed by atoms with E-state index in [1.54, 1.807) is 11.9 Å². The lowest BCUT2D eigenvalue weighted by Gasteiger charge is -2.34. The minimum absolute atomic E-state index is 0.242. The number of amidine groups is 1. The Morgan fingerprint density at radius 3 is 2.75 bits per heavy atom. The van der Waals surface area contributed by atoms with E-state index in [1.165, 1.54) is 0 Å². The van der Waals surface area contributed by atoms with E-state index < -0.39 is 0 Å². The predicted molar refractivity (Wildman–Crippen MR) is 47.9 cm³/mol. The molecule has 5 nitrogen and oxygen atoms in total. The zero-order valence-electron chi connectivity index (χ0n) is 7.03. The van der Waals surface area contributed by atoms with Gasteiger partial charge in [0.2, 0.25) is 0 Å². The second kappa shape index (κ2) is 3.96. The van der Waals surface area contributed by atoms with E-state index in [0.29, 0.717) is 19.0 Å². The van der Waals surface area contributed by atoms with E-state index in [-0.39, 0.29) is 6.04 Å². The Kier molecular flexibility index (Phi) is 2.93. The summed E-state index contributed by atoms with van der Waals surface area (Å²) in [6, 6.07) is 0.242. The Bertz CT molecular complexity index is 209. The summed E-state index contributed by atoms with van der Waals surface area (Å²) >= 11 is 0. The number of nitrogens with zero attached hydrogens (tertiary/aromatic N) is 3. The molecule has 0 spiro atoms. The molecule has 1 N–H and O–H groups in total. The fraction of sp³-hybridized carbons (Fsp3) is 0.571. The second-order valence-electron chi connectivity index (χ2n) is 2.48. The lowest BCUT2D eigenvalue weighted by molar-refractivity contribution is -0.0407. The van der Waals surface area contributed by atoms with Crippen molar-refractivity contribution >= 4 is 18.9 Å². The molecule has 0 atom stereocenters. The highest BCUT2D eigenvalue weighted by molar-refractivity contribution is 5.86. The summed E-state index contributed by atoms with van der Waals surface area (Å²) < 4.78 is 5.00. The molecule has 0 radical (unpaired) electrons. The van der Waals surface area contributed by atoms with Crippen LogP contribution < -0.4 is 0 Å². The molecule has 0 saturated carbocycles. The van der Waals surface area contributed by atoms with Crippen LogP contribution in [0, 0.1) is 5.41 Å². The van der Waals surface area contributed by atoms with E-state index in [2.05, 4.69) is 16.8 Å². The average molecular weight is 168 g/mol. The first-order valence-corrected chi connectivity index (χ1v) is 3.66. The van der Waals surface area contributed by atoms with Gasteiger partial charge in [-0.3, -0.25) is 5.41 Å². The van der Waals surface area contributed by atoms with Gasteiger partial charge in [0.25, 0.3) is 0 Å². The third-order valence-electron chi connectivity index (χ3n) is 1.70. The number of hydrazone groups is 1. The molecule has 0 aliphatic carbocycles. The van der Waals surface area contributed by atoms with Crippen molar-refractivity contribution in [1.29, 1.82) is 5.41 Å². The molecule has 0 aromatic heterocycles. The standard InChI is InChI=1S/C7H12N4O/c1-6(10-5-8)11(9-2)7-3-12-4-7/h5,7-8H,2-4H2,1H3. The summed E-state index contributed by atoms with van der Waals surface area (Å²) in [5, 5.41) is 12.3. The molecule has 0 aromatic rings. The van der Waals surface area contributed by atoms with Crippen molar-refractivity contribution in [2.24, 2.45) is 10.1 Å². The van der Waals surface area contributed by atoms with E-state index in [9.17, 15) is 0 Å². The summed E-state index contributed by atoms with van der Waals surface area (Å²) in [6.07, 6.45) is 0.993. The quantitative estimate of drug-likeness (QED) is 0.375. The van der Waals surface area contributed by atoms with Crippen LogP contribution in [0.25, 0.3) is 0 Å². The zero-order chi connectivity index (χ0) is 8.97. The van der Waals surface area contributed by atoms with Crippen LogP contribution in [0.15, 0.2) is 10.1 Å². The van der Waals surface area contributed by atoms with Gasteiger partial charge < -0.3 is 4.74 Å². The van der Waals surface area contributed by atoms with Crippen molar-refractivity contribution in [1.82, 2.24) is 5.01 Å². The van der Waals surface area contributed by atoms with Crippen molar-refractivity contribution in [3.8, 4) is 0 Å². The van der Waals surface area contributed by atoms with Crippen molar-refractivity contribution < 1.29 is 4.74 Å². The molecule has 0 amide bonds. The fourth-order valence-electron chi connectivity index (χ4n) is 0.999. The molecule has 12 heavy (non-hydrogen) atoms. The van der Waals surface area contributed by atoms with Gasteiger partial charge in [0.15, 0.2) is 0 Å². The summed E-state index contributed by atoms with van der Waals surface area (Å²) in [6.45, 7) is 6.53. The molecule has 1 heterocycles. The third-order valence-corrected chi connectivity index (χ3v) is 1.70. The first-order chi connectivity index (χ1) is 5.79. The third kappa shape index (κ3) is 1.68. The van der Waals surface area contributed by atoms with Gasteiger partial charge in [0.05, 0.1) is 13.2 Å². The van der Waals surface area contributed by atoms with Crippen LogP contribution in [-0.2, 0) is 4.74 Å². The van der Waals surface area contributed by atoms with Crippen LogP contribution in [0.5, 0.6) is 0 Å². The van der Waals surface area contributed by atoms with Crippen LogP contribution in [0.3, 0.4) is 0 Å². The Balaban J connectivity index is 2.59. The maximum atomic E-state index is 6.79. The number of hydrogen-bond donors (Lipinski definition) is 1. The van der Waals surface area contributed by atoms with Gasteiger partial charge in [0, 0.05) is 6.72 Å². The fourth-order valence-corrected chi connectivity index (χ4v) is 0.999. The molecule has 0 bridgehead atoms. The molecule has 1 saturated heterocycles. The van der Waals surface area contributed by atoms with Gasteiger partial charge >= 0.3 is 0 Å². The van der Waals surface area contributed by atoms with Crippen LogP contribution in [0.2, 0.25) is 0 Å². The van der Waals surface area contributed by atoms with E-state index in [0.717, 1.165) is 6.34 Å². The highest BCUT2D eigenvalue weighted by Crippen LogP contribution is 2.10. The van der Waals surface area contributed by atoms with Crippen molar-refractivity contribution in [3.63, 3.8) is 0 Å². The van der Waals surface area contributed by atoms with Crippen molar-refractivity contribution in [3.05, 3.63) is 0 Å². The van der Waals surface area contributed by atoms with Crippen molar-refractivity contribution in [2.75, 3.05) is 13.2 Å². The highest BCUT2D eigenvalue weighted by atomic mass is 16.5. The maximum Gasteiger partial charge on any atom is 0.124 e. The molecule has 0 unspecified atom stereocenters. The van der Waals surface area contributed by atoms with E-state index in [1.807, 2.05) is 0 Å². The number of rotatable bonds is 3. The smallest absolute Gasteiger partial charge is 0.124 e. The lowest BCUT2D eigenvalue weighted by atomic mass is 10.2. The summed E-state index contributed by atoms with van der Waals surface area (Å²) in [5.74, 6) is 0.674. The molecule has 1 aliphatic rings. The van der Waals surface area contributed by atoms with Gasteiger partial charge in [0.1, 0.15) is 18.2 Å². The average Bonchev–Trinajstić information content (AvgIpc) is 1.96. The minimum Gasteiger partial charge on any atom is -0.377 e. The Labute approximate surface area is 71.2 Å². The van der Waals surface area contributed by atoms with Gasteiger partial charge in [-0.2, -0.15) is 5.10 Å². The summed E-state index contributed by atoms with van der Waals surface area (Å²) in [4.78, 5) is 3.79. The minimum atomic E-state index is 0.242. The molecule has 0 aromatic carbocycles. The van der Waals surface area contributed by atoms with E-state index >= 15 is 0 Å². The monoisotopic (exact) mass is 168 g/mol. The highest BCUT2D eigenvalue weighted by Gasteiger charge is 2.26. The molecule has 66 valence electrons. The Morgan fingerprint density at radius 2 is 2.42 bits per heavy atom. The number of nitrogens with one attached hydrogen (secondary N) is 1. The first-order valence-electron chi connectivity index (χ1n) is 3.66. The normalized spacial score (nSPS) is 18.2. The molecular formula is C7H12N4O. The zero-order valence-corrected chi connectivity index (χ0v) is 7.03. The predicted octanol–water partition coefficient (Wildman–Crippen LogP) is 0.328. The lowest BCUT2D eigenvalue weighted by Crippen LogP contribution is -2.48. The Morgan fingerprint density at radius 1 is 1.75 bits per heavy atom. The largest absolute Gasteiger partial charge is 0.377 e.